The molecule has 1 aromatic rings. The number of nitrogens with one attached hydrogen (secondary N) is 2. The maximum atomic E-state index is 11.2. The molecule has 1 saturated heterocycles. The van der Waals surface area contributed by atoms with Crippen LogP contribution in [-0.4, -0.2) is 48.2 Å². The third kappa shape index (κ3) is 2.57. The average Bonchev–Trinajstić information content (AvgIpc) is 3.03. The number of nitrogens with zero attached hydrogens (tertiary/aromatic N) is 1. The molecule has 1 aliphatic heterocycles. The fraction of sp³-hybridized carbons (Fsp3) is 0.533. The Morgan fingerprint density at radius 1 is 1.35 bits per heavy atom. The summed E-state index contributed by atoms with van der Waals surface area (Å²) in [6.07, 6.45) is 2.13. The molecule has 3 rings (SSSR count). The normalized spacial score (nSPS) is 26.1. The zero-order valence-corrected chi connectivity index (χ0v) is 11.7. The van der Waals surface area contributed by atoms with E-state index in [0.717, 1.165) is 19.4 Å². The highest BCUT2D eigenvalue weighted by molar-refractivity contribution is 5.74. The van der Waals surface area contributed by atoms with Gasteiger partial charge in [0.05, 0.1) is 0 Å². The van der Waals surface area contributed by atoms with Crippen LogP contribution in [0.15, 0.2) is 24.3 Å². The zero-order chi connectivity index (χ0) is 14.1. The largest absolute Gasteiger partial charge is 0.480 e. The first-order chi connectivity index (χ1) is 9.65. The van der Waals surface area contributed by atoms with Gasteiger partial charge in [-0.15, -0.1) is 0 Å². The van der Waals surface area contributed by atoms with Crippen molar-refractivity contribution in [3.05, 3.63) is 35.4 Å². The molecule has 1 aromatic carbocycles. The molecule has 0 spiro atoms. The SMILES string of the molecule is CN(CC1CNNC1C(=O)O)C1Cc2ccccc2C1. The molecule has 5 heteroatoms. The number of benzene rings is 1. The van der Waals surface area contributed by atoms with Crippen LogP contribution < -0.4 is 10.9 Å². The number of hydrogen-bond acceptors (Lipinski definition) is 4. The number of aliphatic carboxylic acids is 1. The van der Waals surface area contributed by atoms with E-state index in [-0.39, 0.29) is 5.92 Å². The first-order valence-electron chi connectivity index (χ1n) is 7.13. The zero-order valence-electron chi connectivity index (χ0n) is 11.7. The molecule has 0 bridgehead atoms. The van der Waals surface area contributed by atoms with Crippen LogP contribution in [-0.2, 0) is 17.6 Å². The molecule has 2 atom stereocenters. The average molecular weight is 275 g/mol. The number of hydrazine groups is 1. The lowest BCUT2D eigenvalue weighted by Gasteiger charge is -2.28. The van der Waals surface area contributed by atoms with Crippen LogP contribution in [0.1, 0.15) is 11.1 Å². The predicted molar refractivity (Wildman–Crippen MR) is 76.3 cm³/mol. The molecule has 2 aliphatic rings. The lowest BCUT2D eigenvalue weighted by molar-refractivity contribution is -0.140. The predicted octanol–water partition coefficient (Wildman–Crippen LogP) is 0.263. The van der Waals surface area contributed by atoms with E-state index in [1.165, 1.54) is 11.1 Å². The molecule has 0 amide bonds. The van der Waals surface area contributed by atoms with E-state index in [2.05, 4.69) is 47.1 Å². The number of hydrogen-bond donors (Lipinski definition) is 3. The molecule has 3 N–H and O–H groups in total. The Morgan fingerprint density at radius 2 is 2.00 bits per heavy atom. The van der Waals surface area contributed by atoms with Crippen LogP contribution in [0.25, 0.3) is 0 Å². The van der Waals surface area contributed by atoms with Gasteiger partial charge in [0.1, 0.15) is 6.04 Å². The fourth-order valence-electron chi connectivity index (χ4n) is 3.34. The Hall–Kier alpha value is -1.43. The van der Waals surface area contributed by atoms with Crippen molar-refractivity contribution in [2.45, 2.75) is 24.9 Å². The summed E-state index contributed by atoms with van der Waals surface area (Å²) in [7, 11) is 2.10. The molecule has 0 radical (unpaired) electrons. The smallest absolute Gasteiger partial charge is 0.322 e. The maximum absolute atomic E-state index is 11.2. The van der Waals surface area contributed by atoms with E-state index in [1.807, 2.05) is 0 Å². The van der Waals surface area contributed by atoms with E-state index >= 15 is 0 Å². The Morgan fingerprint density at radius 3 is 2.60 bits per heavy atom. The fourth-order valence-corrected chi connectivity index (χ4v) is 3.34. The molecular formula is C15H21N3O2. The van der Waals surface area contributed by atoms with Gasteiger partial charge in [-0.3, -0.25) is 10.2 Å². The van der Waals surface area contributed by atoms with Crippen molar-refractivity contribution in [3.8, 4) is 0 Å². The van der Waals surface area contributed by atoms with Crippen LogP contribution in [0.5, 0.6) is 0 Å². The van der Waals surface area contributed by atoms with Crippen molar-refractivity contribution in [3.63, 3.8) is 0 Å². The van der Waals surface area contributed by atoms with E-state index in [9.17, 15) is 9.90 Å². The molecule has 1 heterocycles. The summed E-state index contributed by atoms with van der Waals surface area (Å²) >= 11 is 0. The third-order valence-electron chi connectivity index (χ3n) is 4.53. The topological polar surface area (TPSA) is 64.6 Å². The van der Waals surface area contributed by atoms with Crippen molar-refractivity contribution in [1.29, 1.82) is 0 Å². The summed E-state index contributed by atoms with van der Waals surface area (Å²) in [4.78, 5) is 13.5. The standard InChI is InChI=1S/C15H21N3O2/c1-18(9-12-8-16-17-14(12)15(19)20)13-6-10-4-2-3-5-11(10)7-13/h2-5,12-14,16-17H,6-9H2,1H3,(H,19,20). The van der Waals surface area contributed by atoms with Crippen LogP contribution in [0.2, 0.25) is 0 Å². The molecule has 20 heavy (non-hydrogen) atoms. The van der Waals surface area contributed by atoms with Crippen molar-refractivity contribution in [2.75, 3.05) is 20.1 Å². The van der Waals surface area contributed by atoms with Gasteiger partial charge in [-0.1, -0.05) is 24.3 Å². The number of rotatable bonds is 4. The second kappa shape index (κ2) is 5.52. The van der Waals surface area contributed by atoms with Gasteiger partial charge in [0.25, 0.3) is 0 Å². The van der Waals surface area contributed by atoms with Gasteiger partial charge in [-0.05, 0) is 31.0 Å². The minimum absolute atomic E-state index is 0.112. The molecule has 2 unspecified atom stereocenters. The Balaban J connectivity index is 1.61. The second-order valence-corrected chi connectivity index (χ2v) is 5.87. The van der Waals surface area contributed by atoms with Crippen molar-refractivity contribution in [2.24, 2.45) is 5.92 Å². The van der Waals surface area contributed by atoms with Gasteiger partial charge in [0.15, 0.2) is 0 Å². The number of likely N-dealkylation sites (N-methyl/N-ethyl adjacent to an activating group) is 1. The summed E-state index contributed by atoms with van der Waals surface area (Å²) in [6.45, 7) is 1.51. The van der Waals surface area contributed by atoms with Gasteiger partial charge in [-0.2, -0.15) is 0 Å². The number of fused-ring (bicyclic) bond motifs is 1. The minimum Gasteiger partial charge on any atom is -0.480 e. The van der Waals surface area contributed by atoms with E-state index in [4.69, 9.17) is 0 Å². The molecule has 0 saturated carbocycles. The maximum Gasteiger partial charge on any atom is 0.322 e. The Bertz CT molecular complexity index is 481. The highest BCUT2D eigenvalue weighted by Gasteiger charge is 2.35. The molecule has 0 aromatic heterocycles. The first-order valence-corrected chi connectivity index (χ1v) is 7.13. The molecule has 5 nitrogen and oxygen atoms in total. The summed E-state index contributed by atoms with van der Waals surface area (Å²) in [5.74, 6) is -0.663. The van der Waals surface area contributed by atoms with Crippen molar-refractivity contribution in [1.82, 2.24) is 15.8 Å². The van der Waals surface area contributed by atoms with Gasteiger partial charge >= 0.3 is 5.97 Å². The van der Waals surface area contributed by atoms with Crippen molar-refractivity contribution < 1.29 is 9.90 Å². The number of carbonyl (C=O) groups is 1. The van der Waals surface area contributed by atoms with E-state index < -0.39 is 12.0 Å². The van der Waals surface area contributed by atoms with Crippen LogP contribution in [0, 0.1) is 5.92 Å². The van der Waals surface area contributed by atoms with E-state index in [0.29, 0.717) is 12.6 Å². The second-order valence-electron chi connectivity index (χ2n) is 5.87. The number of carboxylic acids is 1. The Kier molecular flexibility index (Phi) is 3.74. The summed E-state index contributed by atoms with van der Waals surface area (Å²) in [6, 6.07) is 8.58. The van der Waals surface area contributed by atoms with Gasteiger partial charge in [0, 0.05) is 25.0 Å². The van der Waals surface area contributed by atoms with Gasteiger partial charge < -0.3 is 10.0 Å². The minimum atomic E-state index is -0.775. The van der Waals surface area contributed by atoms with Crippen molar-refractivity contribution >= 4 is 5.97 Å². The first kappa shape index (κ1) is 13.5. The summed E-state index contributed by atoms with van der Waals surface area (Å²) in [5, 5.41) is 9.18. The van der Waals surface area contributed by atoms with Crippen LogP contribution >= 0.6 is 0 Å². The quantitative estimate of drug-likeness (QED) is 0.736. The highest BCUT2D eigenvalue weighted by atomic mass is 16.4. The third-order valence-corrected chi connectivity index (χ3v) is 4.53. The summed E-state index contributed by atoms with van der Waals surface area (Å²) in [5.41, 5.74) is 8.67. The highest BCUT2D eigenvalue weighted by Crippen LogP contribution is 2.25. The van der Waals surface area contributed by atoms with Gasteiger partial charge in [0.2, 0.25) is 0 Å². The lowest BCUT2D eigenvalue weighted by atomic mass is 10.0. The summed E-state index contributed by atoms with van der Waals surface area (Å²) < 4.78 is 0. The van der Waals surface area contributed by atoms with Crippen LogP contribution in [0.4, 0.5) is 0 Å². The van der Waals surface area contributed by atoms with Crippen LogP contribution in [0.3, 0.4) is 0 Å². The molecule has 1 aliphatic carbocycles. The Labute approximate surface area is 118 Å². The molecule has 108 valence electrons. The lowest BCUT2D eigenvalue weighted by Crippen LogP contribution is -2.44. The molecule has 1 fully saturated rings. The molecular weight excluding hydrogens is 254 g/mol. The monoisotopic (exact) mass is 275 g/mol. The van der Waals surface area contributed by atoms with E-state index in [1.54, 1.807) is 0 Å². The van der Waals surface area contributed by atoms with Gasteiger partial charge in [-0.25, -0.2) is 5.43 Å². The number of carboxylic acid groups (broad SMARTS) is 1.